The number of hydrogen-bond acceptors (Lipinski definition) is 4. The Morgan fingerprint density at radius 3 is 2.57 bits per heavy atom. The molecule has 21 heavy (non-hydrogen) atoms. The highest BCUT2D eigenvalue weighted by Gasteiger charge is 2.40. The van der Waals surface area contributed by atoms with E-state index in [-0.39, 0.29) is 12.0 Å². The van der Waals surface area contributed by atoms with Gasteiger partial charge >= 0.3 is 12.3 Å². The van der Waals surface area contributed by atoms with Gasteiger partial charge in [0.15, 0.2) is 0 Å². The summed E-state index contributed by atoms with van der Waals surface area (Å²) in [5, 5.41) is 14.1. The third kappa shape index (κ3) is 3.53. The van der Waals surface area contributed by atoms with Crippen LogP contribution in [0.3, 0.4) is 0 Å². The predicted octanol–water partition coefficient (Wildman–Crippen LogP) is 2.49. The van der Waals surface area contributed by atoms with Crippen molar-refractivity contribution in [3.05, 3.63) is 18.0 Å². The van der Waals surface area contributed by atoms with Crippen molar-refractivity contribution >= 4 is 12.0 Å². The Morgan fingerprint density at radius 1 is 1.43 bits per heavy atom. The smallest absolute Gasteiger partial charge is 0.419 e. The zero-order valence-corrected chi connectivity index (χ0v) is 11.2. The summed E-state index contributed by atoms with van der Waals surface area (Å²) in [5.41, 5.74) is -1.55. The molecule has 2 atom stereocenters. The van der Waals surface area contributed by atoms with Crippen molar-refractivity contribution in [3.63, 3.8) is 0 Å². The summed E-state index contributed by atoms with van der Waals surface area (Å²) in [5.74, 6) is 0.0459. The summed E-state index contributed by atoms with van der Waals surface area (Å²) in [4.78, 5) is 18.1. The molecule has 1 aliphatic rings. The molecular formula is C12H15F3N4O2. The van der Waals surface area contributed by atoms with Crippen molar-refractivity contribution in [2.45, 2.75) is 43.9 Å². The molecule has 9 heteroatoms. The van der Waals surface area contributed by atoms with Crippen LogP contribution in [0, 0.1) is 0 Å². The SMILES string of the molecule is CC1(Nc2ncc(C(F)(F)F)cn2)CCCC1NC(=O)O. The Labute approximate surface area is 118 Å². The Bertz CT molecular complexity index is 520. The van der Waals surface area contributed by atoms with Crippen molar-refractivity contribution in [2.24, 2.45) is 0 Å². The van der Waals surface area contributed by atoms with E-state index in [1.165, 1.54) is 0 Å². The highest BCUT2D eigenvalue weighted by atomic mass is 19.4. The van der Waals surface area contributed by atoms with Crippen molar-refractivity contribution in [1.29, 1.82) is 0 Å². The largest absolute Gasteiger partial charge is 0.465 e. The van der Waals surface area contributed by atoms with E-state index < -0.39 is 23.4 Å². The van der Waals surface area contributed by atoms with Gasteiger partial charge in [-0.15, -0.1) is 0 Å². The molecule has 1 aliphatic carbocycles. The highest BCUT2D eigenvalue weighted by Crippen LogP contribution is 2.33. The van der Waals surface area contributed by atoms with E-state index >= 15 is 0 Å². The molecule has 0 bridgehead atoms. The van der Waals surface area contributed by atoms with E-state index in [0.29, 0.717) is 25.2 Å². The van der Waals surface area contributed by atoms with Crippen LogP contribution >= 0.6 is 0 Å². The maximum Gasteiger partial charge on any atom is 0.419 e. The van der Waals surface area contributed by atoms with Crippen LogP contribution in [0.25, 0.3) is 0 Å². The molecule has 1 fully saturated rings. The average Bonchev–Trinajstić information content (AvgIpc) is 2.69. The van der Waals surface area contributed by atoms with Crippen LogP contribution < -0.4 is 10.6 Å². The van der Waals surface area contributed by atoms with E-state index in [1.54, 1.807) is 6.92 Å². The first-order valence-corrected chi connectivity index (χ1v) is 6.37. The van der Waals surface area contributed by atoms with Crippen molar-refractivity contribution in [2.75, 3.05) is 5.32 Å². The number of hydrogen-bond donors (Lipinski definition) is 3. The Morgan fingerprint density at radius 2 is 2.05 bits per heavy atom. The molecule has 1 heterocycles. The van der Waals surface area contributed by atoms with Crippen LogP contribution in [-0.2, 0) is 6.18 Å². The fourth-order valence-electron chi connectivity index (χ4n) is 2.49. The number of nitrogens with zero attached hydrogens (tertiary/aromatic N) is 2. The number of nitrogens with one attached hydrogen (secondary N) is 2. The normalized spacial score (nSPS) is 25.6. The van der Waals surface area contributed by atoms with Gasteiger partial charge in [0.05, 0.1) is 17.1 Å². The minimum Gasteiger partial charge on any atom is -0.465 e. The molecule has 0 spiro atoms. The number of amides is 1. The Balaban J connectivity index is 2.11. The predicted molar refractivity (Wildman–Crippen MR) is 67.9 cm³/mol. The number of anilines is 1. The van der Waals surface area contributed by atoms with Crippen molar-refractivity contribution < 1.29 is 23.1 Å². The maximum absolute atomic E-state index is 12.4. The van der Waals surface area contributed by atoms with E-state index in [9.17, 15) is 18.0 Å². The molecule has 1 saturated carbocycles. The number of carboxylic acid groups (broad SMARTS) is 1. The molecule has 2 rings (SSSR count). The monoisotopic (exact) mass is 304 g/mol. The van der Waals surface area contributed by atoms with Crippen LogP contribution in [0.2, 0.25) is 0 Å². The number of aromatic nitrogens is 2. The van der Waals surface area contributed by atoms with Gasteiger partial charge in [0.2, 0.25) is 5.95 Å². The quantitative estimate of drug-likeness (QED) is 0.798. The first-order chi connectivity index (χ1) is 9.71. The van der Waals surface area contributed by atoms with E-state index in [0.717, 1.165) is 6.42 Å². The molecule has 1 amide bonds. The molecule has 0 aromatic carbocycles. The molecule has 2 unspecified atom stereocenters. The van der Waals surface area contributed by atoms with E-state index in [2.05, 4.69) is 20.6 Å². The Kier molecular flexibility index (Phi) is 3.93. The van der Waals surface area contributed by atoms with Gasteiger partial charge in [-0.1, -0.05) is 0 Å². The van der Waals surface area contributed by atoms with Crippen LogP contribution in [0.4, 0.5) is 23.9 Å². The van der Waals surface area contributed by atoms with Gasteiger partial charge in [-0.2, -0.15) is 13.2 Å². The first kappa shape index (κ1) is 15.3. The third-order valence-electron chi connectivity index (χ3n) is 3.63. The minimum atomic E-state index is -4.48. The molecule has 116 valence electrons. The lowest BCUT2D eigenvalue weighted by Crippen LogP contribution is -2.51. The van der Waals surface area contributed by atoms with Crippen LogP contribution in [-0.4, -0.2) is 32.7 Å². The molecular weight excluding hydrogens is 289 g/mol. The summed E-state index contributed by atoms with van der Waals surface area (Å²) in [6.07, 6.45) is -2.10. The van der Waals surface area contributed by atoms with Gasteiger partial charge in [-0.25, -0.2) is 14.8 Å². The van der Waals surface area contributed by atoms with Gasteiger partial charge in [-0.05, 0) is 26.2 Å². The molecule has 3 N–H and O–H groups in total. The maximum atomic E-state index is 12.4. The van der Waals surface area contributed by atoms with Crippen LogP contribution in [0.15, 0.2) is 12.4 Å². The minimum absolute atomic E-state index is 0.0459. The van der Waals surface area contributed by atoms with E-state index in [1.807, 2.05) is 0 Å². The molecule has 1 aromatic rings. The molecule has 0 aliphatic heterocycles. The lowest BCUT2D eigenvalue weighted by Gasteiger charge is -2.32. The van der Waals surface area contributed by atoms with Gasteiger partial charge in [-0.3, -0.25) is 0 Å². The van der Waals surface area contributed by atoms with Crippen molar-refractivity contribution in [3.8, 4) is 0 Å². The van der Waals surface area contributed by atoms with Gasteiger partial charge < -0.3 is 15.7 Å². The highest BCUT2D eigenvalue weighted by molar-refractivity contribution is 5.65. The second kappa shape index (κ2) is 5.38. The van der Waals surface area contributed by atoms with Crippen LogP contribution in [0.1, 0.15) is 31.7 Å². The molecule has 0 radical (unpaired) electrons. The third-order valence-corrected chi connectivity index (χ3v) is 3.63. The second-order valence-corrected chi connectivity index (χ2v) is 5.23. The first-order valence-electron chi connectivity index (χ1n) is 6.37. The molecule has 0 saturated heterocycles. The summed E-state index contributed by atoms with van der Waals surface area (Å²) in [6.45, 7) is 1.79. The number of carbonyl (C=O) groups is 1. The summed E-state index contributed by atoms with van der Waals surface area (Å²) >= 11 is 0. The number of rotatable bonds is 3. The molecule has 6 nitrogen and oxygen atoms in total. The standard InChI is InChI=1S/C12H15F3N4O2/c1-11(4-2-3-8(11)18-10(20)21)19-9-16-5-7(6-17-9)12(13,14)15/h5-6,8,18H,2-4H2,1H3,(H,20,21)(H,16,17,19). The zero-order valence-electron chi connectivity index (χ0n) is 11.2. The van der Waals surface area contributed by atoms with Gasteiger partial charge in [0, 0.05) is 12.4 Å². The lowest BCUT2D eigenvalue weighted by atomic mass is 9.96. The van der Waals surface area contributed by atoms with Gasteiger partial charge in [0.25, 0.3) is 0 Å². The fraction of sp³-hybridized carbons (Fsp3) is 0.583. The van der Waals surface area contributed by atoms with Crippen LogP contribution in [0.5, 0.6) is 0 Å². The Hall–Kier alpha value is -2.06. The van der Waals surface area contributed by atoms with Gasteiger partial charge in [0.1, 0.15) is 0 Å². The fourth-order valence-corrected chi connectivity index (χ4v) is 2.49. The summed E-state index contributed by atoms with van der Waals surface area (Å²) < 4.78 is 37.3. The van der Waals surface area contributed by atoms with E-state index in [4.69, 9.17) is 5.11 Å². The zero-order chi connectivity index (χ0) is 15.7. The second-order valence-electron chi connectivity index (χ2n) is 5.23. The lowest BCUT2D eigenvalue weighted by molar-refractivity contribution is -0.138. The molecule has 1 aromatic heterocycles. The van der Waals surface area contributed by atoms with Crippen molar-refractivity contribution in [1.82, 2.24) is 15.3 Å². The topological polar surface area (TPSA) is 87.1 Å². The summed E-state index contributed by atoms with van der Waals surface area (Å²) in [6, 6.07) is -0.346. The number of halogens is 3. The number of alkyl halides is 3. The average molecular weight is 304 g/mol. The summed E-state index contributed by atoms with van der Waals surface area (Å²) in [7, 11) is 0.